The first-order valence-corrected chi connectivity index (χ1v) is 19.7. The molecule has 4 rings (SSSR count). The van der Waals surface area contributed by atoms with Gasteiger partial charge in [0.1, 0.15) is 73.2 Å². The van der Waals surface area contributed by atoms with Crippen molar-refractivity contribution < 1.29 is 162 Å². The fourth-order valence-corrected chi connectivity index (χ4v) is 7.61. The van der Waals surface area contributed by atoms with Crippen LogP contribution in [0.5, 0.6) is 0 Å². The van der Waals surface area contributed by atoms with E-state index in [4.69, 9.17) is 33.2 Å². The summed E-state index contributed by atoms with van der Waals surface area (Å²) < 4.78 is 40.1. The molecule has 0 bridgehead atoms. The zero-order valence-corrected chi connectivity index (χ0v) is 39.6. The number of rotatable bonds is 17. The third-order valence-electron chi connectivity index (χ3n) is 10.9. The minimum Gasteiger partial charge on any atom is -0.547 e. The summed E-state index contributed by atoms with van der Waals surface area (Å²) in [5.41, 5.74) is 0. The Hall–Kier alpha value is -1.21. The van der Waals surface area contributed by atoms with Gasteiger partial charge < -0.3 is 105 Å². The van der Waals surface area contributed by atoms with E-state index >= 15 is 0 Å². The second kappa shape index (κ2) is 25.6. The summed E-state index contributed by atoms with van der Waals surface area (Å²) in [6.07, 6.45) is -30.2. The monoisotopic (exact) mass is 913 g/mol. The molecule has 24 nitrogen and oxygen atoms in total. The largest absolute Gasteiger partial charge is 1.00 e. The average Bonchev–Trinajstić information content (AvgIpc) is 3.18. The number of carboxylic acid groups (broad SMARTS) is 2. The molecule has 10 N–H and O–H groups in total. The van der Waals surface area contributed by atoms with E-state index in [1.54, 1.807) is 0 Å². The molecule has 4 aliphatic rings. The second-order valence-electron chi connectivity index (χ2n) is 15.4. The van der Waals surface area contributed by atoms with Gasteiger partial charge >= 0.3 is 59.1 Å². The Morgan fingerprint density at radius 3 is 1.66 bits per heavy atom. The molecule has 8 unspecified atom stereocenters. The summed E-state index contributed by atoms with van der Waals surface area (Å²) in [6, 6.07) is -2.89. The Bertz CT molecular complexity index is 1490. The summed E-state index contributed by atoms with van der Waals surface area (Å²) in [6.45, 7) is 6.44. The van der Waals surface area contributed by atoms with Crippen molar-refractivity contribution >= 4 is 29.7 Å². The van der Waals surface area contributed by atoms with E-state index in [0.717, 1.165) is 20.3 Å². The molecule has 0 aliphatic carbocycles. The molecule has 4 aliphatic heterocycles. The van der Waals surface area contributed by atoms with Crippen LogP contribution in [0.2, 0.25) is 0 Å². The van der Waals surface area contributed by atoms with Crippen molar-refractivity contribution in [3.05, 3.63) is 0 Å². The smallest absolute Gasteiger partial charge is 0.547 e. The third kappa shape index (κ3) is 13.9. The molecule has 62 heavy (non-hydrogen) atoms. The molecule has 4 heterocycles. The van der Waals surface area contributed by atoms with Crippen molar-refractivity contribution in [2.75, 3.05) is 13.2 Å². The molecule has 4 fully saturated rings. The number of nitrogens with one attached hydrogen (secondary N) is 3. The zero-order valence-electron chi connectivity index (χ0n) is 35.6. The predicted octanol–water partition coefficient (Wildman–Crippen LogP) is -13.9. The molecule has 4 saturated heterocycles. The van der Waals surface area contributed by atoms with Crippen LogP contribution in [0, 0.1) is 5.92 Å². The number of carbonyl (C=O) groups is 5. The van der Waals surface area contributed by atoms with Crippen molar-refractivity contribution in [1.29, 1.82) is 0 Å². The number of hydrogen-bond acceptors (Lipinski definition) is 21. The van der Waals surface area contributed by atoms with Crippen molar-refractivity contribution in [2.24, 2.45) is 5.92 Å². The average molecular weight is 914 g/mol. The molecule has 0 saturated carbocycles. The van der Waals surface area contributed by atoms with Gasteiger partial charge in [-0.3, -0.25) is 14.4 Å². The molecule has 20 atom stereocenters. The van der Waals surface area contributed by atoms with Gasteiger partial charge in [-0.15, -0.1) is 0 Å². The van der Waals surface area contributed by atoms with E-state index in [-0.39, 0.29) is 72.0 Å². The normalized spacial score (nSPS) is 40.8. The predicted molar refractivity (Wildman–Crippen MR) is 190 cm³/mol. The molecule has 0 spiro atoms. The van der Waals surface area contributed by atoms with Crippen LogP contribution in [0.25, 0.3) is 0 Å². The Balaban J connectivity index is 0.00000661. The van der Waals surface area contributed by atoms with E-state index < -0.39 is 159 Å². The number of amides is 3. The van der Waals surface area contributed by atoms with Gasteiger partial charge in [-0.1, -0.05) is 20.3 Å². The van der Waals surface area contributed by atoms with E-state index in [0.29, 0.717) is 13.0 Å². The molecule has 0 aromatic carbocycles. The van der Waals surface area contributed by atoms with Gasteiger partial charge in [-0.2, -0.15) is 0 Å². The van der Waals surface area contributed by atoms with Crippen molar-refractivity contribution in [3.63, 3.8) is 0 Å². The summed E-state index contributed by atoms with van der Waals surface area (Å²) in [7, 11) is 0. The van der Waals surface area contributed by atoms with Gasteiger partial charge in [0, 0.05) is 32.7 Å². The van der Waals surface area contributed by atoms with Crippen LogP contribution in [0.1, 0.15) is 60.3 Å². The maximum atomic E-state index is 12.7. The first-order chi connectivity index (χ1) is 28.2. The number of aliphatic carboxylic acids is 2. The number of aliphatic hydroxyl groups excluding tert-OH is 7. The van der Waals surface area contributed by atoms with Crippen LogP contribution in [0.15, 0.2) is 0 Å². The maximum Gasteiger partial charge on any atom is 1.00 e. The summed E-state index contributed by atoms with van der Waals surface area (Å²) in [5.74, 6) is -6.91. The molecular weight excluding hydrogens is 856 g/mol. The fourth-order valence-electron chi connectivity index (χ4n) is 7.61. The van der Waals surface area contributed by atoms with Crippen molar-refractivity contribution in [3.8, 4) is 0 Å². The number of carboxylic acids is 2. The first kappa shape index (κ1) is 56.9. The topological polar surface area (TPSA) is 374 Å². The Morgan fingerprint density at radius 1 is 0.629 bits per heavy atom. The summed E-state index contributed by atoms with van der Waals surface area (Å²) in [4.78, 5) is 61.8. The van der Waals surface area contributed by atoms with Crippen LogP contribution in [-0.2, 0) is 57.1 Å². The first-order valence-electron chi connectivity index (χ1n) is 19.7. The van der Waals surface area contributed by atoms with E-state index in [1.165, 1.54) is 13.8 Å². The molecule has 26 heteroatoms. The third-order valence-corrected chi connectivity index (χ3v) is 10.9. The SMILES string of the molecule is CCCCNC(=O)CCC1O[C@@H](O[C@@H]2C(C(=O)[O-])O[C@@H](O[C@@H]3C(NC(C)=O)[C@H](C)OC(CO)[C@H]3O)C(O)[C@H]2O)C(NC(C)=O)[C@@H](O[C@@H]2OC(C(=O)[O-])[C@@H](C)[C@H](O)C2O)[C@@H]1O.[Na+].[Na+]. The van der Waals surface area contributed by atoms with Crippen LogP contribution < -0.4 is 85.3 Å². The summed E-state index contributed by atoms with van der Waals surface area (Å²) >= 11 is 0. The van der Waals surface area contributed by atoms with Gasteiger partial charge in [0.05, 0.1) is 42.9 Å². The van der Waals surface area contributed by atoms with Crippen LogP contribution in [0.4, 0.5) is 0 Å². The van der Waals surface area contributed by atoms with Crippen LogP contribution >= 0.6 is 0 Å². The van der Waals surface area contributed by atoms with Gasteiger partial charge in [0.15, 0.2) is 18.9 Å². The number of hydrogen-bond donors (Lipinski definition) is 10. The minimum atomic E-state index is -2.34. The van der Waals surface area contributed by atoms with E-state index in [1.807, 2.05) is 6.92 Å². The van der Waals surface area contributed by atoms with Gasteiger partial charge in [0.25, 0.3) is 0 Å². The van der Waals surface area contributed by atoms with E-state index in [2.05, 4.69) is 16.0 Å². The second-order valence-corrected chi connectivity index (χ2v) is 15.4. The molecule has 0 radical (unpaired) electrons. The van der Waals surface area contributed by atoms with Crippen molar-refractivity contribution in [2.45, 2.75) is 177 Å². The molecule has 3 amide bonds. The molecule has 344 valence electrons. The quantitative estimate of drug-likeness (QED) is 0.0478. The molecule has 0 aromatic heterocycles. The van der Waals surface area contributed by atoms with Gasteiger partial charge in [-0.05, 0) is 19.8 Å². The number of carbonyl (C=O) groups excluding carboxylic acids is 5. The standard InChI is InChI=1S/C36H59N3O21.2Na/c1-6-7-10-37-18(43)9-8-16-22(45)29(58-35-25(48)21(44)12(2)27(56-35)32(50)51)20(39-15(5)42)34(55-16)59-30-24(47)26(49)36(60-31(30)33(52)53)57-28-19(38-14(4)41)13(3)54-17(11-40)23(28)46;;/h12-13,16-17,19-31,34-36,40,44-49H,6-11H2,1-5H3,(H,37,43)(H,38,41)(H,39,42)(H,50,51)(H,52,53);;/q;2*+1/p-2/t12-,13-,16?,17?,19?,20?,21-,22+,23+,24+,25?,26?,27?,28+,29+,30-,31?,34-,35-,36+;;/m0../s1. The minimum absolute atomic E-state index is 0. The fraction of sp³-hybridized carbons (Fsp3) is 0.861. The Morgan fingerprint density at radius 2 is 1.13 bits per heavy atom. The maximum absolute atomic E-state index is 12.7. The van der Waals surface area contributed by atoms with Crippen LogP contribution in [0.3, 0.4) is 0 Å². The van der Waals surface area contributed by atoms with Crippen LogP contribution in [-0.4, -0.2) is 195 Å². The number of aliphatic hydroxyl groups is 7. The number of unbranched alkanes of at least 4 members (excludes halogenated alkanes) is 1. The van der Waals surface area contributed by atoms with Gasteiger partial charge in [-0.25, -0.2) is 0 Å². The summed E-state index contributed by atoms with van der Waals surface area (Å²) in [5, 5.41) is 109. The van der Waals surface area contributed by atoms with Crippen molar-refractivity contribution in [1.82, 2.24) is 16.0 Å². The molecular formula is C36H57N3Na2O21. The van der Waals surface area contributed by atoms with Gasteiger partial charge in [0.2, 0.25) is 17.7 Å². The molecule has 0 aromatic rings. The Labute approximate surface area is 401 Å². The number of ether oxygens (including phenoxy) is 7. The Kier molecular flexibility index (Phi) is 23.5. The van der Waals surface area contributed by atoms with E-state index in [9.17, 15) is 69.9 Å². The zero-order chi connectivity index (χ0) is 44.7.